The number of nitrogens with zero attached hydrogens (tertiary/aromatic N) is 5. The predicted molar refractivity (Wildman–Crippen MR) is 234 cm³/mol. The Kier molecular flexibility index (Phi) is 10.9. The number of aromatic nitrogens is 5. The number of halogens is 2. The SMILES string of the molecule is CNC(C)C(=O)N1CC(F)CC1c1ncc(-c2ccc3c(c2)-c2cc4cccc(-c5cnc(C6CC(F)CN6C(=O)C(C(C)C)C(C)C(C)C)[nH]5)c4n2C(c2c#cccc2)O3)[nH]1. The van der Waals surface area contributed by atoms with Gasteiger partial charge in [-0.25, -0.2) is 18.7 Å². The summed E-state index contributed by atoms with van der Waals surface area (Å²) in [5.74, 6) is 1.91. The number of carbonyl (C=O) groups is 2. The minimum atomic E-state index is -1.15. The van der Waals surface area contributed by atoms with Gasteiger partial charge in [0, 0.05) is 40.8 Å². The highest BCUT2D eigenvalue weighted by molar-refractivity contribution is 5.99. The van der Waals surface area contributed by atoms with Crippen LogP contribution in [0.15, 0.2) is 73.1 Å². The molecule has 8 atom stereocenters. The summed E-state index contributed by atoms with van der Waals surface area (Å²) in [7, 11) is 1.71. The number of ether oxygens (including phenoxy) is 1. The van der Waals surface area contributed by atoms with Crippen LogP contribution in [-0.2, 0) is 9.59 Å². The van der Waals surface area contributed by atoms with E-state index < -0.39 is 36.7 Å². The molecule has 3 aliphatic rings. The summed E-state index contributed by atoms with van der Waals surface area (Å²) in [5, 5.41) is 3.94. The highest BCUT2D eigenvalue weighted by Crippen LogP contribution is 2.47. The summed E-state index contributed by atoms with van der Waals surface area (Å²) in [6.45, 7) is 12.4. The third-order valence-corrected chi connectivity index (χ3v) is 13.4. The molecule has 0 saturated carbocycles. The second-order valence-corrected chi connectivity index (χ2v) is 18.0. The van der Waals surface area contributed by atoms with Gasteiger partial charge in [-0.3, -0.25) is 14.2 Å². The first-order valence-electron chi connectivity index (χ1n) is 21.8. The zero-order valence-electron chi connectivity index (χ0n) is 36.2. The minimum Gasteiger partial charge on any atom is -0.464 e. The molecule has 0 spiro atoms. The second kappa shape index (κ2) is 16.4. The summed E-state index contributed by atoms with van der Waals surface area (Å²) in [6.07, 6.45) is 0.989. The fraction of sp³-hybridized carbons (Fsp3) is 0.429. The van der Waals surface area contributed by atoms with Gasteiger partial charge < -0.3 is 29.8 Å². The molecular formula is C49H54F2N8O3. The van der Waals surface area contributed by atoms with Gasteiger partial charge in [-0.2, -0.15) is 0 Å². The van der Waals surface area contributed by atoms with Crippen LogP contribution < -0.4 is 10.1 Å². The lowest BCUT2D eigenvalue weighted by atomic mass is 9.77. The van der Waals surface area contributed by atoms with Crippen LogP contribution in [0.2, 0.25) is 0 Å². The number of likely N-dealkylation sites (tertiary alicyclic amines) is 2. The maximum absolute atomic E-state index is 15.3. The maximum atomic E-state index is 15.3. The maximum Gasteiger partial charge on any atom is 0.240 e. The first-order chi connectivity index (χ1) is 29.8. The quantitative estimate of drug-likeness (QED) is 0.120. The Morgan fingerprint density at radius 3 is 2.15 bits per heavy atom. The van der Waals surface area contributed by atoms with Crippen LogP contribution in [0.4, 0.5) is 8.78 Å². The molecule has 2 amide bonds. The number of fused-ring (bicyclic) bond motifs is 5. The van der Waals surface area contributed by atoms with Crippen LogP contribution in [0.5, 0.6) is 5.75 Å². The van der Waals surface area contributed by atoms with E-state index in [0.717, 1.165) is 50.2 Å². The van der Waals surface area contributed by atoms with Crippen molar-refractivity contribution in [2.45, 2.75) is 91.1 Å². The fourth-order valence-electron chi connectivity index (χ4n) is 9.81. The van der Waals surface area contributed by atoms with E-state index in [2.05, 4.69) is 89.8 Å². The van der Waals surface area contributed by atoms with Gasteiger partial charge in [0.25, 0.3) is 0 Å². The summed E-state index contributed by atoms with van der Waals surface area (Å²) < 4.78 is 39.1. The first kappa shape index (κ1) is 41.4. The number of imidazole rings is 2. The average molecular weight is 841 g/mol. The molecule has 3 N–H and O–H groups in total. The number of rotatable bonds is 11. The first-order valence-corrected chi connectivity index (χ1v) is 21.8. The molecule has 322 valence electrons. The molecule has 9 rings (SSSR count). The molecule has 11 nitrogen and oxygen atoms in total. The monoisotopic (exact) mass is 840 g/mol. The van der Waals surface area contributed by atoms with E-state index in [9.17, 15) is 14.0 Å². The van der Waals surface area contributed by atoms with Gasteiger partial charge in [0.15, 0.2) is 0 Å². The van der Waals surface area contributed by atoms with Gasteiger partial charge in [0.05, 0.1) is 71.8 Å². The molecule has 13 heteroatoms. The van der Waals surface area contributed by atoms with Crippen LogP contribution in [0.3, 0.4) is 0 Å². The van der Waals surface area contributed by atoms with Crippen molar-refractivity contribution in [1.29, 1.82) is 0 Å². The number of hydrogen-bond acceptors (Lipinski definition) is 6. The zero-order valence-corrected chi connectivity index (χ0v) is 36.2. The Balaban J connectivity index is 1.10. The molecule has 8 unspecified atom stereocenters. The number of benzene rings is 2. The second-order valence-electron chi connectivity index (χ2n) is 18.0. The van der Waals surface area contributed by atoms with Crippen molar-refractivity contribution in [3.63, 3.8) is 0 Å². The summed E-state index contributed by atoms with van der Waals surface area (Å²) in [6, 6.07) is 24.8. The van der Waals surface area contributed by atoms with Gasteiger partial charge in [-0.15, -0.1) is 0 Å². The number of likely N-dealkylation sites (N-methyl/N-ethyl adjacent to an activating group) is 1. The Hall–Kier alpha value is -6.00. The van der Waals surface area contributed by atoms with E-state index in [4.69, 9.17) is 9.72 Å². The Morgan fingerprint density at radius 2 is 1.50 bits per heavy atom. The molecule has 0 bridgehead atoms. The van der Waals surface area contributed by atoms with Crippen molar-refractivity contribution in [2.75, 3.05) is 20.1 Å². The van der Waals surface area contributed by atoms with Crippen LogP contribution in [0, 0.1) is 35.8 Å². The molecule has 2 fully saturated rings. The van der Waals surface area contributed by atoms with E-state index in [-0.39, 0.29) is 55.5 Å². The smallest absolute Gasteiger partial charge is 0.240 e. The lowest BCUT2D eigenvalue weighted by Crippen LogP contribution is -2.43. The number of alkyl halides is 2. The Bertz CT molecular complexity index is 2600. The van der Waals surface area contributed by atoms with Gasteiger partial charge >= 0.3 is 0 Å². The highest BCUT2D eigenvalue weighted by atomic mass is 19.1. The Morgan fingerprint density at radius 1 is 0.823 bits per heavy atom. The van der Waals surface area contributed by atoms with Crippen molar-refractivity contribution >= 4 is 22.7 Å². The van der Waals surface area contributed by atoms with E-state index in [0.29, 0.717) is 23.3 Å². The van der Waals surface area contributed by atoms with Crippen molar-refractivity contribution in [3.05, 3.63) is 102 Å². The van der Waals surface area contributed by atoms with E-state index >= 15 is 4.39 Å². The Labute approximate surface area is 361 Å². The third-order valence-electron chi connectivity index (χ3n) is 13.4. The van der Waals surface area contributed by atoms with Crippen LogP contribution in [0.1, 0.15) is 89.9 Å². The number of carbonyl (C=O) groups excluding carboxylic acids is 2. The molecular weight excluding hydrogens is 787 g/mol. The predicted octanol–water partition coefficient (Wildman–Crippen LogP) is 9.02. The van der Waals surface area contributed by atoms with Gasteiger partial charge in [-0.05, 0) is 68.1 Å². The van der Waals surface area contributed by atoms with Gasteiger partial charge in [0.2, 0.25) is 18.0 Å². The van der Waals surface area contributed by atoms with Crippen LogP contribution in [0.25, 0.3) is 44.7 Å². The number of para-hydroxylation sites is 1. The molecule has 62 heavy (non-hydrogen) atoms. The molecule has 2 saturated heterocycles. The third kappa shape index (κ3) is 7.21. The number of H-pyrrole nitrogens is 2. The highest BCUT2D eigenvalue weighted by Gasteiger charge is 2.43. The van der Waals surface area contributed by atoms with E-state index in [1.807, 2.05) is 36.4 Å². The van der Waals surface area contributed by atoms with Gasteiger partial charge in [0.1, 0.15) is 29.7 Å². The van der Waals surface area contributed by atoms with E-state index in [1.165, 1.54) is 0 Å². The fourth-order valence-corrected chi connectivity index (χ4v) is 9.81. The van der Waals surface area contributed by atoms with Crippen LogP contribution in [-0.4, -0.2) is 84.6 Å². The summed E-state index contributed by atoms with van der Waals surface area (Å²) in [4.78, 5) is 47.1. The number of nitrogens with one attached hydrogen (secondary N) is 3. The zero-order chi connectivity index (χ0) is 43.6. The topological polar surface area (TPSA) is 124 Å². The summed E-state index contributed by atoms with van der Waals surface area (Å²) in [5.41, 5.74) is 6.65. The normalized spacial score (nSPS) is 22.4. The average Bonchev–Trinajstić information content (AvgIpc) is 4.12. The van der Waals surface area contributed by atoms with Gasteiger partial charge in [-0.1, -0.05) is 71.0 Å². The van der Waals surface area contributed by atoms with Crippen molar-refractivity contribution in [3.8, 4) is 39.5 Å². The molecule has 0 aliphatic carbocycles. The van der Waals surface area contributed by atoms with Crippen LogP contribution >= 0.6 is 0 Å². The van der Waals surface area contributed by atoms with Crippen molar-refractivity contribution in [1.82, 2.24) is 39.6 Å². The van der Waals surface area contributed by atoms with Crippen molar-refractivity contribution in [2.24, 2.45) is 23.7 Å². The van der Waals surface area contributed by atoms with Crippen molar-refractivity contribution < 1.29 is 23.1 Å². The largest absolute Gasteiger partial charge is 0.464 e. The molecule has 3 aromatic heterocycles. The number of hydrogen-bond donors (Lipinski definition) is 3. The minimum absolute atomic E-state index is 0.0180. The molecule has 3 aliphatic heterocycles. The molecule has 3 aromatic carbocycles. The number of amides is 2. The summed E-state index contributed by atoms with van der Waals surface area (Å²) >= 11 is 0. The number of aromatic amines is 2. The molecule has 6 aromatic rings. The lowest BCUT2D eigenvalue weighted by molar-refractivity contribution is -0.141. The molecule has 6 heterocycles. The molecule has 0 radical (unpaired) electrons. The lowest BCUT2D eigenvalue weighted by Gasteiger charge is -2.34. The van der Waals surface area contributed by atoms with E-state index in [1.54, 1.807) is 42.2 Å². The standard InChI is InChI=1S/C49H54F2N8O3/c1-26(2)28(5)43(27(3)4)48(61)58-25-34(51)21-41(58)46-54-23-38(56-46)35-15-11-14-32-19-39-36-18-31(16-17-42(36)62-49(59(39)44(32)35)30-12-9-8-10-13-30)37-22-53-45(55-37)40-20-33(50)24-57(40)47(60)29(6)52-7/h8-9,11-12,14-19,22-23,26-29,33-34,40-41,43,49,52H,20-21,24-25H2,1-7H3,(H,53,55)(H,54,56).